The van der Waals surface area contributed by atoms with E-state index >= 15 is 0 Å². The minimum absolute atomic E-state index is 0. The summed E-state index contributed by atoms with van der Waals surface area (Å²) in [5.41, 5.74) is 0. The van der Waals surface area contributed by atoms with Crippen LogP contribution >= 0.6 is 0 Å². The van der Waals surface area contributed by atoms with E-state index in [1.54, 1.807) is 0 Å². The molecule has 0 heterocycles. The molecule has 0 aromatic heterocycles. The molecule has 0 bridgehead atoms. The van der Waals surface area contributed by atoms with Crippen LogP contribution < -0.4 is 0 Å². The van der Waals surface area contributed by atoms with Crippen molar-refractivity contribution in [2.75, 3.05) is 0 Å². The van der Waals surface area contributed by atoms with Gasteiger partial charge in [0.1, 0.15) is 0 Å². The van der Waals surface area contributed by atoms with E-state index in [2.05, 4.69) is 0 Å². The van der Waals surface area contributed by atoms with Crippen LogP contribution in [0, 0.1) is 11.8 Å². The van der Waals surface area contributed by atoms with Crippen molar-refractivity contribution in [3.05, 3.63) is 0 Å². The Labute approximate surface area is 122 Å². The molecule has 0 spiro atoms. The second-order valence-electron chi connectivity index (χ2n) is 3.98. The average molecular weight is 353 g/mol. The van der Waals surface area contributed by atoms with Gasteiger partial charge >= 0.3 is 11.9 Å². The maximum atomic E-state index is 9.81. The predicted molar refractivity (Wildman–Crippen MR) is 61.4 cm³/mol. The number of aliphatic carboxylic acids is 2. The molecule has 6 nitrogen and oxygen atoms in total. The topological polar surface area (TPSA) is 138 Å². The van der Waals surface area contributed by atoms with Crippen molar-refractivity contribution < 1.29 is 58.1 Å². The van der Waals surface area contributed by atoms with Crippen molar-refractivity contribution in [3.8, 4) is 0 Å². The van der Waals surface area contributed by atoms with Gasteiger partial charge in [-0.05, 0) is 11.8 Å². The van der Waals surface area contributed by atoms with E-state index in [0.717, 1.165) is 0 Å². The third-order valence-electron chi connectivity index (χ3n) is 1.17. The van der Waals surface area contributed by atoms with Gasteiger partial charge < -0.3 is 21.2 Å². The van der Waals surface area contributed by atoms with Gasteiger partial charge in [0.05, 0.1) is 0 Å². The number of carboxylic acid groups (broad SMARTS) is 2. The summed E-state index contributed by atoms with van der Waals surface area (Å²) in [4.78, 5) is 19.6. The van der Waals surface area contributed by atoms with E-state index in [4.69, 9.17) is 10.2 Å². The van der Waals surface area contributed by atoms with Crippen molar-refractivity contribution in [2.45, 2.75) is 40.5 Å². The first-order valence-corrected chi connectivity index (χ1v) is 4.69. The molecule has 0 saturated carbocycles. The average Bonchev–Trinajstić information content (AvgIpc) is 1.79. The molecule has 0 aliphatic rings. The number of rotatable bonds is 4. The zero-order chi connectivity index (χ0) is 11.7. The van der Waals surface area contributed by atoms with Gasteiger partial charge in [0.25, 0.3) is 0 Å². The minimum Gasteiger partial charge on any atom is -0.481 e. The van der Waals surface area contributed by atoms with Crippen LogP contribution in [0.25, 0.3) is 0 Å². The van der Waals surface area contributed by atoms with Crippen molar-refractivity contribution >= 4 is 11.9 Å². The predicted octanol–water partition coefficient (Wildman–Crippen LogP) is 0.582. The van der Waals surface area contributed by atoms with Gasteiger partial charge in [0.15, 0.2) is 0 Å². The van der Waals surface area contributed by atoms with Crippen molar-refractivity contribution in [1.82, 2.24) is 0 Å². The second kappa shape index (κ2) is 18.2. The molecular formula is C10H24CdO6. The smallest absolute Gasteiger partial charge is 0.303 e. The zero-order valence-corrected chi connectivity index (χ0v) is 15.0. The van der Waals surface area contributed by atoms with Gasteiger partial charge in [-0.2, -0.15) is 0 Å². The van der Waals surface area contributed by atoms with E-state index in [0.29, 0.717) is 0 Å². The Hall–Kier alpha value is -0.218. The van der Waals surface area contributed by atoms with Crippen LogP contribution in [0.3, 0.4) is 0 Å². The van der Waals surface area contributed by atoms with Gasteiger partial charge in [-0.3, -0.25) is 9.59 Å². The fourth-order valence-electron chi connectivity index (χ4n) is 0.698. The molecule has 0 rings (SSSR count). The number of carboxylic acids is 2. The molecule has 0 saturated heterocycles. The van der Waals surface area contributed by atoms with E-state index < -0.39 is 11.9 Å². The molecule has 0 aromatic rings. The third kappa shape index (κ3) is 49.5. The van der Waals surface area contributed by atoms with E-state index in [-0.39, 0.29) is 62.9 Å². The molecule has 0 amide bonds. The van der Waals surface area contributed by atoms with Gasteiger partial charge in [-0.1, -0.05) is 27.7 Å². The monoisotopic (exact) mass is 354 g/mol. The largest absolute Gasteiger partial charge is 0.481 e. The first-order chi connectivity index (χ1) is 6.25. The first kappa shape index (κ1) is 30.1. The van der Waals surface area contributed by atoms with Crippen molar-refractivity contribution in [2.24, 2.45) is 11.8 Å². The van der Waals surface area contributed by atoms with Crippen LogP contribution in [-0.2, 0) is 36.9 Å². The van der Waals surface area contributed by atoms with Gasteiger partial charge in [0.2, 0.25) is 0 Å². The number of carbonyl (C=O) groups is 2. The quantitative estimate of drug-likeness (QED) is 0.714. The molecular weight excluding hydrogens is 329 g/mol. The Morgan fingerprint density at radius 1 is 0.824 bits per heavy atom. The Kier molecular flexibility index (Phi) is 32.2. The van der Waals surface area contributed by atoms with Crippen LogP contribution in [0.4, 0.5) is 0 Å². The molecule has 0 unspecified atom stereocenters. The summed E-state index contributed by atoms with van der Waals surface area (Å²) in [6.07, 6.45) is 0.556. The van der Waals surface area contributed by atoms with Gasteiger partial charge in [-0.25, -0.2) is 0 Å². The summed E-state index contributed by atoms with van der Waals surface area (Å²) in [6.45, 7) is 7.53. The summed E-state index contributed by atoms with van der Waals surface area (Å²) in [7, 11) is 0. The SMILES string of the molecule is CC(C)CC(=O)O.CC(C)CC(=O)O.O.O.[Cd]. The molecule has 0 fully saturated rings. The van der Waals surface area contributed by atoms with E-state index in [1.807, 2.05) is 27.7 Å². The Morgan fingerprint density at radius 2 is 1.00 bits per heavy atom. The molecule has 6 N–H and O–H groups in total. The molecule has 0 aliphatic heterocycles. The van der Waals surface area contributed by atoms with E-state index in [1.165, 1.54) is 0 Å². The van der Waals surface area contributed by atoms with Crippen LogP contribution in [0.5, 0.6) is 0 Å². The van der Waals surface area contributed by atoms with Crippen molar-refractivity contribution in [3.63, 3.8) is 0 Å². The number of hydrogen-bond acceptors (Lipinski definition) is 2. The van der Waals surface area contributed by atoms with Crippen LogP contribution in [0.15, 0.2) is 0 Å². The van der Waals surface area contributed by atoms with Gasteiger partial charge in [-0.15, -0.1) is 0 Å². The Bertz CT molecular complexity index is 162. The molecule has 0 radical (unpaired) electrons. The normalized spacial score (nSPS) is 7.88. The Balaban J connectivity index is -0.0000000480. The van der Waals surface area contributed by atoms with Crippen LogP contribution in [0.2, 0.25) is 0 Å². The van der Waals surface area contributed by atoms with Crippen LogP contribution in [-0.4, -0.2) is 33.1 Å². The first-order valence-electron chi connectivity index (χ1n) is 4.69. The van der Waals surface area contributed by atoms with E-state index in [9.17, 15) is 9.59 Å². The molecule has 0 aliphatic carbocycles. The summed E-state index contributed by atoms with van der Waals surface area (Å²) >= 11 is 0. The van der Waals surface area contributed by atoms with Crippen LogP contribution in [0.1, 0.15) is 40.5 Å². The number of hydrogen-bond donors (Lipinski definition) is 2. The maximum Gasteiger partial charge on any atom is 0.303 e. The molecule has 17 heavy (non-hydrogen) atoms. The Morgan fingerprint density at radius 3 is 1.00 bits per heavy atom. The minimum atomic E-state index is -0.713. The zero-order valence-electron chi connectivity index (χ0n) is 11.0. The summed E-state index contributed by atoms with van der Waals surface area (Å²) in [5.74, 6) is -0.875. The molecule has 0 atom stereocenters. The summed E-state index contributed by atoms with van der Waals surface area (Å²) in [5, 5.41) is 16.2. The summed E-state index contributed by atoms with van der Waals surface area (Å²) < 4.78 is 0. The second-order valence-corrected chi connectivity index (χ2v) is 3.98. The fourth-order valence-corrected chi connectivity index (χ4v) is 0.698. The molecule has 0 aromatic carbocycles. The third-order valence-corrected chi connectivity index (χ3v) is 1.17. The standard InChI is InChI=1S/2C5H10O2.Cd.2H2O/c2*1-4(2)3-5(6)7;;;/h2*4H,3H2,1-2H3,(H,6,7);;2*1H2. The summed E-state index contributed by atoms with van der Waals surface area (Å²) in [6, 6.07) is 0. The van der Waals surface area contributed by atoms with Gasteiger partial charge in [0, 0.05) is 40.1 Å². The molecule has 102 valence electrons. The maximum absolute atomic E-state index is 9.81. The fraction of sp³-hybridized carbons (Fsp3) is 0.800. The van der Waals surface area contributed by atoms with Crippen molar-refractivity contribution in [1.29, 1.82) is 0 Å². The molecule has 7 heteroatoms.